The first-order chi connectivity index (χ1) is 12.9. The zero-order valence-electron chi connectivity index (χ0n) is 17.0. The molecular weight excluding hydrogens is 491 g/mol. The molecule has 0 amide bonds. The van der Waals surface area contributed by atoms with Gasteiger partial charge in [-0.2, -0.15) is 0 Å². The summed E-state index contributed by atoms with van der Waals surface area (Å²) in [6, 6.07) is 7.61. The van der Waals surface area contributed by atoms with E-state index in [1.54, 1.807) is 7.05 Å². The number of rotatable bonds is 8. The monoisotopic (exact) mass is 524 g/mol. The van der Waals surface area contributed by atoms with Gasteiger partial charge in [-0.3, -0.25) is 4.99 Å². The van der Waals surface area contributed by atoms with Gasteiger partial charge in [0.25, 0.3) is 0 Å². The van der Waals surface area contributed by atoms with Gasteiger partial charge in [-0.25, -0.2) is 13.1 Å². The molecule has 7 nitrogen and oxygen atoms in total. The SMILES string of the molecule is CN=C(NCc1cccc(CS(=O)(=O)NC)c1)N(C)CCC1CCOCC1.I. The summed E-state index contributed by atoms with van der Waals surface area (Å²) in [6.45, 7) is 3.30. The first-order valence-electron chi connectivity index (χ1n) is 9.42. The zero-order chi connectivity index (χ0) is 19.7. The van der Waals surface area contributed by atoms with E-state index >= 15 is 0 Å². The predicted molar refractivity (Wildman–Crippen MR) is 125 cm³/mol. The largest absolute Gasteiger partial charge is 0.381 e. The smallest absolute Gasteiger partial charge is 0.215 e. The van der Waals surface area contributed by atoms with Crippen LogP contribution in [0.3, 0.4) is 0 Å². The zero-order valence-corrected chi connectivity index (χ0v) is 20.1. The fraction of sp³-hybridized carbons (Fsp3) is 0.632. The van der Waals surface area contributed by atoms with Crippen molar-refractivity contribution in [2.75, 3.05) is 40.9 Å². The van der Waals surface area contributed by atoms with Crippen LogP contribution in [0.25, 0.3) is 0 Å². The minimum absolute atomic E-state index is 0. The molecule has 1 fully saturated rings. The molecule has 9 heteroatoms. The van der Waals surface area contributed by atoms with Gasteiger partial charge in [-0.15, -0.1) is 24.0 Å². The molecule has 1 saturated heterocycles. The van der Waals surface area contributed by atoms with Gasteiger partial charge in [0.15, 0.2) is 5.96 Å². The van der Waals surface area contributed by atoms with E-state index in [1.807, 2.05) is 31.3 Å². The van der Waals surface area contributed by atoms with Crippen molar-refractivity contribution in [1.29, 1.82) is 0 Å². The van der Waals surface area contributed by atoms with Gasteiger partial charge in [0.1, 0.15) is 0 Å². The third kappa shape index (κ3) is 8.62. The number of nitrogens with zero attached hydrogens (tertiary/aromatic N) is 2. The number of aliphatic imine (C=N–C) groups is 1. The molecule has 0 aliphatic carbocycles. The minimum Gasteiger partial charge on any atom is -0.381 e. The van der Waals surface area contributed by atoms with Crippen molar-refractivity contribution in [3.8, 4) is 0 Å². The minimum atomic E-state index is -3.27. The molecule has 2 N–H and O–H groups in total. The van der Waals surface area contributed by atoms with Crippen LogP contribution in [0.4, 0.5) is 0 Å². The number of nitrogens with one attached hydrogen (secondary N) is 2. The average molecular weight is 524 g/mol. The Labute approximate surface area is 186 Å². The lowest BCUT2D eigenvalue weighted by atomic mass is 9.96. The third-order valence-electron chi connectivity index (χ3n) is 4.90. The number of guanidine groups is 1. The first kappa shape index (κ1) is 25.1. The number of hydrogen-bond acceptors (Lipinski definition) is 4. The maximum Gasteiger partial charge on any atom is 0.215 e. The summed E-state index contributed by atoms with van der Waals surface area (Å²) >= 11 is 0. The average Bonchev–Trinajstić information content (AvgIpc) is 2.67. The molecule has 0 bridgehead atoms. The number of benzene rings is 1. The van der Waals surface area contributed by atoms with Gasteiger partial charge in [-0.05, 0) is 43.4 Å². The molecule has 1 aliphatic rings. The molecule has 0 atom stereocenters. The molecular formula is C19H33IN4O3S. The lowest BCUT2D eigenvalue weighted by Gasteiger charge is -2.27. The van der Waals surface area contributed by atoms with Crippen LogP contribution in [-0.2, 0) is 27.1 Å². The topological polar surface area (TPSA) is 83.0 Å². The van der Waals surface area contributed by atoms with Gasteiger partial charge in [0.05, 0.1) is 5.75 Å². The Kier molecular flexibility index (Phi) is 11.3. The summed E-state index contributed by atoms with van der Waals surface area (Å²) in [5, 5.41) is 3.36. The lowest BCUT2D eigenvalue weighted by molar-refractivity contribution is 0.0625. The molecule has 0 saturated carbocycles. The van der Waals surface area contributed by atoms with Crippen molar-refractivity contribution in [2.24, 2.45) is 10.9 Å². The van der Waals surface area contributed by atoms with Crippen molar-refractivity contribution >= 4 is 40.0 Å². The van der Waals surface area contributed by atoms with Crippen LogP contribution in [0.15, 0.2) is 29.3 Å². The molecule has 1 aliphatic heterocycles. The van der Waals surface area contributed by atoms with E-state index in [4.69, 9.17) is 4.74 Å². The van der Waals surface area contributed by atoms with E-state index in [1.165, 1.54) is 7.05 Å². The van der Waals surface area contributed by atoms with E-state index < -0.39 is 10.0 Å². The van der Waals surface area contributed by atoms with Gasteiger partial charge >= 0.3 is 0 Å². The summed E-state index contributed by atoms with van der Waals surface area (Å²) in [5.74, 6) is 1.55. The van der Waals surface area contributed by atoms with E-state index in [9.17, 15) is 8.42 Å². The fourth-order valence-electron chi connectivity index (χ4n) is 3.20. The predicted octanol–water partition coefficient (Wildman–Crippen LogP) is 2.18. The molecule has 160 valence electrons. The summed E-state index contributed by atoms with van der Waals surface area (Å²) in [5.41, 5.74) is 1.80. The molecule has 0 spiro atoms. The maximum atomic E-state index is 11.7. The van der Waals surface area contributed by atoms with Gasteiger partial charge in [0.2, 0.25) is 10.0 Å². The number of ether oxygens (including phenoxy) is 1. The lowest BCUT2D eigenvalue weighted by Crippen LogP contribution is -2.39. The molecule has 0 aromatic heterocycles. The molecule has 0 unspecified atom stereocenters. The molecule has 1 heterocycles. The van der Waals surface area contributed by atoms with Crippen LogP contribution in [0, 0.1) is 5.92 Å². The van der Waals surface area contributed by atoms with E-state index in [2.05, 4.69) is 19.9 Å². The molecule has 2 rings (SSSR count). The van der Waals surface area contributed by atoms with E-state index in [0.717, 1.165) is 62.0 Å². The molecule has 0 radical (unpaired) electrons. The Balaban J connectivity index is 0.00000392. The third-order valence-corrected chi connectivity index (χ3v) is 6.23. The quantitative estimate of drug-likeness (QED) is 0.310. The Morgan fingerprint density at radius 3 is 2.61 bits per heavy atom. The van der Waals surface area contributed by atoms with Crippen LogP contribution in [0.1, 0.15) is 30.4 Å². The second kappa shape index (κ2) is 12.6. The maximum absolute atomic E-state index is 11.7. The molecule has 1 aromatic rings. The van der Waals surface area contributed by atoms with Gasteiger partial charge in [0, 0.05) is 40.4 Å². The van der Waals surface area contributed by atoms with Crippen LogP contribution in [0.2, 0.25) is 0 Å². The van der Waals surface area contributed by atoms with Crippen molar-refractivity contribution in [1.82, 2.24) is 14.9 Å². The van der Waals surface area contributed by atoms with Crippen molar-refractivity contribution < 1.29 is 13.2 Å². The summed E-state index contributed by atoms with van der Waals surface area (Å²) in [6.07, 6.45) is 3.42. The van der Waals surface area contributed by atoms with Gasteiger partial charge < -0.3 is 15.0 Å². The second-order valence-electron chi connectivity index (χ2n) is 6.95. The summed E-state index contributed by atoms with van der Waals surface area (Å²) in [4.78, 5) is 6.51. The highest BCUT2D eigenvalue weighted by Crippen LogP contribution is 2.18. The number of halogens is 1. The Bertz CT molecular complexity index is 722. The highest BCUT2D eigenvalue weighted by Gasteiger charge is 2.15. The summed E-state index contributed by atoms with van der Waals surface area (Å²) < 4.78 is 31.2. The Morgan fingerprint density at radius 2 is 1.96 bits per heavy atom. The molecule has 28 heavy (non-hydrogen) atoms. The van der Waals surface area contributed by atoms with Crippen LogP contribution in [0.5, 0.6) is 0 Å². The van der Waals surface area contributed by atoms with Crippen LogP contribution < -0.4 is 10.0 Å². The van der Waals surface area contributed by atoms with E-state index in [0.29, 0.717) is 6.54 Å². The van der Waals surface area contributed by atoms with Crippen molar-refractivity contribution in [3.63, 3.8) is 0 Å². The highest BCUT2D eigenvalue weighted by molar-refractivity contribution is 14.0. The second-order valence-corrected chi connectivity index (χ2v) is 8.88. The standard InChI is InChI=1S/C19H32N4O3S.HI/c1-20-19(23(3)10-7-16-8-11-26-12-9-16)22-14-17-5-4-6-18(13-17)15-27(24,25)21-2;/h4-6,13,16,21H,7-12,14-15H2,1-3H3,(H,20,22);1H. The summed E-state index contributed by atoms with van der Waals surface area (Å²) in [7, 11) is 1.99. The Morgan fingerprint density at radius 1 is 1.29 bits per heavy atom. The Hall–Kier alpha value is -0.910. The van der Waals surface area contributed by atoms with Crippen LogP contribution >= 0.6 is 24.0 Å². The normalized spacial score (nSPS) is 15.8. The van der Waals surface area contributed by atoms with Gasteiger partial charge in [-0.1, -0.05) is 24.3 Å². The first-order valence-corrected chi connectivity index (χ1v) is 11.1. The fourth-order valence-corrected chi connectivity index (χ4v) is 3.97. The van der Waals surface area contributed by atoms with Crippen LogP contribution in [-0.4, -0.2) is 60.2 Å². The number of sulfonamides is 1. The van der Waals surface area contributed by atoms with Crippen molar-refractivity contribution in [3.05, 3.63) is 35.4 Å². The number of hydrogen-bond donors (Lipinski definition) is 2. The molecule has 1 aromatic carbocycles. The van der Waals surface area contributed by atoms with E-state index in [-0.39, 0.29) is 29.7 Å². The van der Waals surface area contributed by atoms with Crippen molar-refractivity contribution in [2.45, 2.75) is 31.6 Å². The highest BCUT2D eigenvalue weighted by atomic mass is 127.